The van der Waals surface area contributed by atoms with Crippen molar-refractivity contribution in [2.45, 2.75) is 13.0 Å². The molecule has 7 nitrogen and oxygen atoms in total. The van der Waals surface area contributed by atoms with E-state index in [4.69, 9.17) is 5.73 Å². The maximum absolute atomic E-state index is 11.7. The fraction of sp³-hybridized carbons (Fsp3) is 0.125. The zero-order valence-corrected chi connectivity index (χ0v) is 12.3. The van der Waals surface area contributed by atoms with E-state index in [1.165, 1.54) is 23.1 Å². The highest BCUT2D eigenvalue weighted by Gasteiger charge is 2.30. The molecule has 0 spiro atoms. The lowest BCUT2D eigenvalue weighted by atomic mass is 10.1. The van der Waals surface area contributed by atoms with Crippen molar-refractivity contribution in [2.24, 2.45) is 5.73 Å². The Morgan fingerprint density at radius 2 is 1.87 bits per heavy atom. The summed E-state index contributed by atoms with van der Waals surface area (Å²) < 4.78 is 0. The first kappa shape index (κ1) is 16.0. The third-order valence-electron chi connectivity index (χ3n) is 3.30. The summed E-state index contributed by atoms with van der Waals surface area (Å²) in [5.41, 5.74) is 6.67. The summed E-state index contributed by atoms with van der Waals surface area (Å²) >= 11 is 0. The van der Waals surface area contributed by atoms with Crippen molar-refractivity contribution < 1.29 is 9.72 Å². The predicted molar refractivity (Wildman–Crippen MR) is 85.0 cm³/mol. The zero-order valence-electron chi connectivity index (χ0n) is 12.3. The highest BCUT2D eigenvalue weighted by molar-refractivity contribution is 5.91. The molecule has 2 aromatic rings. The molecule has 0 radical (unpaired) electrons. The molecule has 2 N–H and O–H groups in total. The molecule has 2 rings (SSSR count). The SMILES string of the molecule is Cc1ccc(N(c2ccccc2[N+](=O)[O-])C(C#N)C(N)=O)cc1. The van der Waals surface area contributed by atoms with Crippen molar-refractivity contribution in [3.63, 3.8) is 0 Å². The van der Waals surface area contributed by atoms with Crippen LogP contribution in [-0.4, -0.2) is 16.9 Å². The Bertz CT molecular complexity index is 781. The van der Waals surface area contributed by atoms with Crippen LogP contribution in [-0.2, 0) is 4.79 Å². The van der Waals surface area contributed by atoms with Crippen molar-refractivity contribution in [3.05, 3.63) is 64.2 Å². The highest BCUT2D eigenvalue weighted by atomic mass is 16.6. The summed E-state index contributed by atoms with van der Waals surface area (Å²) in [6.45, 7) is 1.88. The van der Waals surface area contributed by atoms with Crippen LogP contribution in [0.4, 0.5) is 17.1 Å². The fourth-order valence-electron chi connectivity index (χ4n) is 2.20. The van der Waals surface area contributed by atoms with Crippen LogP contribution in [0.15, 0.2) is 48.5 Å². The standard InChI is InChI=1S/C16H14N4O3/c1-11-6-8-12(9-7-11)19(15(10-17)16(18)21)13-4-2-3-5-14(13)20(22)23/h2-9,15H,1H3,(H2,18,21). The number of hydrogen-bond donors (Lipinski definition) is 1. The van der Waals surface area contributed by atoms with Crippen LogP contribution in [0.3, 0.4) is 0 Å². The van der Waals surface area contributed by atoms with Crippen LogP contribution < -0.4 is 10.6 Å². The molecule has 0 fully saturated rings. The number of hydrogen-bond acceptors (Lipinski definition) is 5. The molecule has 0 aromatic heterocycles. The number of rotatable bonds is 5. The lowest BCUT2D eigenvalue weighted by Gasteiger charge is -2.27. The third-order valence-corrected chi connectivity index (χ3v) is 3.30. The van der Waals surface area contributed by atoms with Gasteiger partial charge in [0.1, 0.15) is 5.69 Å². The second-order valence-electron chi connectivity index (χ2n) is 4.89. The quantitative estimate of drug-likeness (QED) is 0.673. The maximum Gasteiger partial charge on any atom is 0.292 e. The van der Waals surface area contributed by atoms with Crippen LogP contribution in [0, 0.1) is 28.4 Å². The second kappa shape index (κ2) is 6.58. The molecule has 1 atom stereocenters. The van der Waals surface area contributed by atoms with Crippen molar-refractivity contribution in [2.75, 3.05) is 4.90 Å². The lowest BCUT2D eigenvalue weighted by molar-refractivity contribution is -0.384. The van der Waals surface area contributed by atoms with Gasteiger partial charge in [-0.1, -0.05) is 29.8 Å². The minimum atomic E-state index is -1.36. The summed E-state index contributed by atoms with van der Waals surface area (Å²) in [7, 11) is 0. The topological polar surface area (TPSA) is 113 Å². The van der Waals surface area contributed by atoms with Crippen LogP contribution >= 0.6 is 0 Å². The normalized spacial score (nSPS) is 11.3. The van der Waals surface area contributed by atoms with E-state index >= 15 is 0 Å². The van der Waals surface area contributed by atoms with Gasteiger partial charge in [-0.2, -0.15) is 5.26 Å². The molecule has 0 saturated carbocycles. The molecule has 116 valence electrons. The number of nitro groups is 1. The van der Waals surface area contributed by atoms with Crippen LogP contribution in [0.1, 0.15) is 5.56 Å². The first-order valence-electron chi connectivity index (χ1n) is 6.74. The maximum atomic E-state index is 11.7. The van der Waals surface area contributed by atoms with Gasteiger partial charge < -0.3 is 10.6 Å². The van der Waals surface area contributed by atoms with Crippen LogP contribution in [0.2, 0.25) is 0 Å². The fourth-order valence-corrected chi connectivity index (χ4v) is 2.20. The average molecular weight is 310 g/mol. The van der Waals surface area contributed by atoms with Crippen molar-refractivity contribution in [3.8, 4) is 6.07 Å². The molecule has 2 aromatic carbocycles. The van der Waals surface area contributed by atoms with Gasteiger partial charge >= 0.3 is 0 Å². The summed E-state index contributed by atoms with van der Waals surface area (Å²) in [5.74, 6) is -0.883. The van der Waals surface area contributed by atoms with Crippen molar-refractivity contribution in [1.82, 2.24) is 0 Å². The Morgan fingerprint density at radius 3 is 2.39 bits per heavy atom. The van der Waals surface area contributed by atoms with E-state index in [2.05, 4.69) is 0 Å². The van der Waals surface area contributed by atoms with Crippen LogP contribution in [0.5, 0.6) is 0 Å². The number of benzene rings is 2. The Morgan fingerprint density at radius 1 is 1.26 bits per heavy atom. The van der Waals surface area contributed by atoms with Gasteiger partial charge in [0, 0.05) is 11.8 Å². The lowest BCUT2D eigenvalue weighted by Crippen LogP contribution is -2.41. The van der Waals surface area contributed by atoms with E-state index in [9.17, 15) is 20.2 Å². The molecule has 0 heterocycles. The van der Waals surface area contributed by atoms with Gasteiger partial charge in [0.2, 0.25) is 6.04 Å². The number of aryl methyl sites for hydroxylation is 1. The molecule has 0 saturated heterocycles. The number of carbonyl (C=O) groups excluding carboxylic acids is 1. The second-order valence-corrected chi connectivity index (χ2v) is 4.89. The number of nitrogens with zero attached hydrogens (tertiary/aromatic N) is 3. The number of nitrogens with two attached hydrogens (primary N) is 1. The van der Waals surface area contributed by atoms with Gasteiger partial charge in [0.15, 0.2) is 0 Å². The number of carbonyl (C=O) groups is 1. The Balaban J connectivity index is 2.68. The summed E-state index contributed by atoms with van der Waals surface area (Å²) in [4.78, 5) is 23.6. The third kappa shape index (κ3) is 3.27. The van der Waals surface area contributed by atoms with E-state index in [0.717, 1.165) is 5.56 Å². The van der Waals surface area contributed by atoms with Gasteiger partial charge in [0.25, 0.3) is 11.6 Å². The molecule has 23 heavy (non-hydrogen) atoms. The Labute approximate surface area is 132 Å². The molecule has 0 aliphatic carbocycles. The zero-order chi connectivity index (χ0) is 17.0. The Kier molecular flexibility index (Phi) is 4.57. The van der Waals surface area contributed by atoms with Gasteiger partial charge in [-0.3, -0.25) is 14.9 Å². The molecule has 1 unspecified atom stereocenters. The molecule has 0 bridgehead atoms. The van der Waals surface area contributed by atoms with Gasteiger partial charge in [-0.15, -0.1) is 0 Å². The van der Waals surface area contributed by atoms with E-state index in [0.29, 0.717) is 5.69 Å². The smallest absolute Gasteiger partial charge is 0.292 e. The van der Waals surface area contributed by atoms with Crippen molar-refractivity contribution >= 4 is 23.0 Å². The number of nitriles is 1. The van der Waals surface area contributed by atoms with E-state index in [1.54, 1.807) is 30.3 Å². The van der Waals surface area contributed by atoms with E-state index in [1.807, 2.05) is 13.0 Å². The molecule has 0 aliphatic rings. The largest absolute Gasteiger partial charge is 0.367 e. The molecule has 7 heteroatoms. The molecular weight excluding hydrogens is 296 g/mol. The number of para-hydroxylation sites is 2. The highest BCUT2D eigenvalue weighted by Crippen LogP contribution is 2.35. The van der Waals surface area contributed by atoms with Gasteiger partial charge in [0.05, 0.1) is 11.0 Å². The first-order chi connectivity index (χ1) is 11.0. The van der Waals surface area contributed by atoms with Gasteiger partial charge in [-0.05, 0) is 25.1 Å². The van der Waals surface area contributed by atoms with E-state index in [-0.39, 0.29) is 11.4 Å². The average Bonchev–Trinajstić information content (AvgIpc) is 2.53. The monoisotopic (exact) mass is 310 g/mol. The summed E-state index contributed by atoms with van der Waals surface area (Å²) in [6, 6.07) is 13.3. The summed E-state index contributed by atoms with van der Waals surface area (Å²) in [6.07, 6.45) is 0. The number of amides is 1. The molecule has 0 aliphatic heterocycles. The minimum Gasteiger partial charge on any atom is -0.367 e. The predicted octanol–water partition coefficient (Wildman–Crippen LogP) is 2.42. The van der Waals surface area contributed by atoms with Gasteiger partial charge in [-0.25, -0.2) is 0 Å². The Hall–Kier alpha value is -3.40. The van der Waals surface area contributed by atoms with E-state index < -0.39 is 16.9 Å². The van der Waals surface area contributed by atoms with Crippen LogP contribution in [0.25, 0.3) is 0 Å². The number of nitro benzene ring substituents is 1. The molecule has 1 amide bonds. The first-order valence-corrected chi connectivity index (χ1v) is 6.74. The number of anilines is 2. The van der Waals surface area contributed by atoms with Crippen molar-refractivity contribution in [1.29, 1.82) is 5.26 Å². The minimum absolute atomic E-state index is 0.131. The number of primary amides is 1. The summed E-state index contributed by atoms with van der Waals surface area (Å²) in [5, 5.41) is 20.6. The molecular formula is C16H14N4O3.